The van der Waals surface area contributed by atoms with Gasteiger partial charge in [-0.15, -0.1) is 0 Å². The van der Waals surface area contributed by atoms with Crippen molar-refractivity contribution < 1.29 is 18.3 Å². The van der Waals surface area contributed by atoms with Gasteiger partial charge in [0.25, 0.3) is 11.6 Å². The molecule has 0 aromatic heterocycles. The Morgan fingerprint density at radius 1 is 1.40 bits per heavy atom. The van der Waals surface area contributed by atoms with Crippen LogP contribution in [-0.4, -0.2) is 44.5 Å². The smallest absolute Gasteiger partial charge is 0.293 e. The average molecular weight is 301 g/mol. The maximum atomic E-state index is 13.8. The zero-order chi connectivity index (χ0) is 14.9. The molecule has 1 aromatic rings. The monoisotopic (exact) mass is 301 g/mol. The lowest BCUT2D eigenvalue weighted by atomic mass is 10.1. The Morgan fingerprint density at radius 2 is 2.00 bits per heavy atom. The SMILES string of the molecule is Nc1c([N+](=O)[O-])ccc(F)c1C(=O)N1CCS(=O)CC1. The number of nitrogen functional groups attached to an aromatic ring is 1. The molecule has 1 heterocycles. The summed E-state index contributed by atoms with van der Waals surface area (Å²) in [6.07, 6.45) is 0. The zero-order valence-corrected chi connectivity index (χ0v) is 11.2. The van der Waals surface area contributed by atoms with Gasteiger partial charge in [-0.1, -0.05) is 0 Å². The van der Waals surface area contributed by atoms with Gasteiger partial charge < -0.3 is 10.6 Å². The minimum Gasteiger partial charge on any atom is -0.392 e. The van der Waals surface area contributed by atoms with Gasteiger partial charge in [-0.3, -0.25) is 19.1 Å². The first-order valence-corrected chi connectivity index (χ1v) is 7.27. The van der Waals surface area contributed by atoms with E-state index in [2.05, 4.69) is 0 Å². The van der Waals surface area contributed by atoms with Crippen molar-refractivity contribution in [3.63, 3.8) is 0 Å². The van der Waals surface area contributed by atoms with Gasteiger partial charge in [0.05, 0.1) is 4.92 Å². The molecule has 2 N–H and O–H groups in total. The van der Waals surface area contributed by atoms with Crippen molar-refractivity contribution >= 4 is 28.1 Å². The number of hydrogen-bond donors (Lipinski definition) is 1. The van der Waals surface area contributed by atoms with Crippen LogP contribution in [0.3, 0.4) is 0 Å². The van der Waals surface area contributed by atoms with E-state index < -0.39 is 44.4 Å². The summed E-state index contributed by atoms with van der Waals surface area (Å²) < 4.78 is 25.0. The summed E-state index contributed by atoms with van der Waals surface area (Å²) in [5.74, 6) is -0.991. The van der Waals surface area contributed by atoms with Gasteiger partial charge in [-0.05, 0) is 6.07 Å². The van der Waals surface area contributed by atoms with Crippen LogP contribution in [-0.2, 0) is 10.8 Å². The van der Waals surface area contributed by atoms with Crippen LogP contribution >= 0.6 is 0 Å². The van der Waals surface area contributed by atoms with Crippen molar-refractivity contribution in [3.8, 4) is 0 Å². The number of nitro benzene ring substituents is 1. The first-order chi connectivity index (χ1) is 9.41. The third-order valence-electron chi connectivity index (χ3n) is 3.05. The third-order valence-corrected chi connectivity index (χ3v) is 4.32. The molecule has 1 aliphatic heterocycles. The normalized spacial score (nSPS) is 16.1. The Bertz CT molecular complexity index is 598. The molecule has 0 spiro atoms. The second kappa shape index (κ2) is 5.53. The number of carbonyl (C=O) groups excluding carboxylic acids is 1. The first kappa shape index (κ1) is 14.4. The summed E-state index contributed by atoms with van der Waals surface area (Å²) in [6, 6.07) is 1.77. The van der Waals surface area contributed by atoms with Crippen LogP contribution in [0.25, 0.3) is 0 Å². The maximum absolute atomic E-state index is 13.8. The fraction of sp³-hybridized carbons (Fsp3) is 0.364. The van der Waals surface area contributed by atoms with E-state index in [1.807, 2.05) is 0 Å². The number of nitrogens with zero attached hydrogens (tertiary/aromatic N) is 2. The lowest BCUT2D eigenvalue weighted by molar-refractivity contribution is -0.384. The Hall–Kier alpha value is -2.03. The summed E-state index contributed by atoms with van der Waals surface area (Å²) in [5.41, 5.74) is 4.05. The van der Waals surface area contributed by atoms with Crippen molar-refractivity contribution in [1.29, 1.82) is 0 Å². The molecule has 20 heavy (non-hydrogen) atoms. The predicted molar refractivity (Wildman–Crippen MR) is 71.2 cm³/mol. The van der Waals surface area contributed by atoms with E-state index in [-0.39, 0.29) is 13.1 Å². The van der Waals surface area contributed by atoms with E-state index in [4.69, 9.17) is 5.73 Å². The molecule has 9 heteroatoms. The van der Waals surface area contributed by atoms with Crippen molar-refractivity contribution in [2.75, 3.05) is 30.3 Å². The minimum atomic E-state index is -0.983. The fourth-order valence-electron chi connectivity index (χ4n) is 1.96. The van der Waals surface area contributed by atoms with E-state index in [1.165, 1.54) is 4.90 Å². The van der Waals surface area contributed by atoms with Gasteiger partial charge in [0, 0.05) is 41.5 Å². The van der Waals surface area contributed by atoms with Crippen molar-refractivity contribution in [3.05, 3.63) is 33.6 Å². The molecule has 0 radical (unpaired) electrons. The van der Waals surface area contributed by atoms with Gasteiger partial charge in [-0.2, -0.15) is 0 Å². The van der Waals surface area contributed by atoms with Gasteiger partial charge in [-0.25, -0.2) is 4.39 Å². The highest BCUT2D eigenvalue weighted by Gasteiger charge is 2.29. The average Bonchev–Trinajstić information content (AvgIpc) is 2.38. The molecule has 1 saturated heterocycles. The van der Waals surface area contributed by atoms with Crippen LogP contribution < -0.4 is 5.73 Å². The van der Waals surface area contributed by atoms with Crippen LogP contribution in [0.5, 0.6) is 0 Å². The summed E-state index contributed by atoms with van der Waals surface area (Å²) in [5, 5.41) is 10.8. The lowest BCUT2D eigenvalue weighted by Gasteiger charge is -2.26. The van der Waals surface area contributed by atoms with Crippen LogP contribution in [0.15, 0.2) is 12.1 Å². The summed E-state index contributed by atoms with van der Waals surface area (Å²) in [4.78, 5) is 23.5. The van der Waals surface area contributed by atoms with Crippen molar-refractivity contribution in [2.45, 2.75) is 0 Å². The fourth-order valence-corrected chi connectivity index (χ4v) is 3.01. The number of halogens is 1. The van der Waals surface area contributed by atoms with E-state index in [0.717, 1.165) is 12.1 Å². The molecule has 0 unspecified atom stereocenters. The standard InChI is InChI=1S/C11H12FN3O4S/c12-7-1-2-8(15(17)18)10(13)9(7)11(16)14-3-5-20(19)6-4-14/h1-2H,3-6,13H2. The van der Waals surface area contributed by atoms with Gasteiger partial charge >= 0.3 is 0 Å². The molecule has 108 valence electrons. The molecule has 0 atom stereocenters. The number of anilines is 1. The number of hydrogen-bond acceptors (Lipinski definition) is 5. The Kier molecular flexibility index (Phi) is 3.98. The molecule has 0 saturated carbocycles. The number of carbonyl (C=O) groups is 1. The van der Waals surface area contributed by atoms with Crippen LogP contribution in [0.4, 0.5) is 15.8 Å². The molecule has 0 aliphatic carbocycles. The van der Waals surface area contributed by atoms with Crippen LogP contribution in [0.2, 0.25) is 0 Å². The number of benzene rings is 1. The van der Waals surface area contributed by atoms with Gasteiger partial charge in [0.2, 0.25) is 0 Å². The van der Waals surface area contributed by atoms with Crippen molar-refractivity contribution in [2.24, 2.45) is 0 Å². The lowest BCUT2D eigenvalue weighted by Crippen LogP contribution is -2.42. The second-order valence-corrected chi connectivity index (χ2v) is 5.95. The maximum Gasteiger partial charge on any atom is 0.293 e. The first-order valence-electron chi connectivity index (χ1n) is 5.78. The van der Waals surface area contributed by atoms with Gasteiger partial charge in [0.15, 0.2) is 0 Å². The Labute approximate surface area is 116 Å². The molecule has 1 fully saturated rings. The molecule has 2 rings (SSSR count). The molecule has 1 aromatic carbocycles. The molecular formula is C11H12FN3O4S. The molecule has 7 nitrogen and oxygen atoms in total. The largest absolute Gasteiger partial charge is 0.392 e. The molecule has 1 amide bonds. The second-order valence-electron chi connectivity index (χ2n) is 4.25. The number of rotatable bonds is 2. The number of nitrogens with two attached hydrogens (primary N) is 1. The van der Waals surface area contributed by atoms with Crippen LogP contribution in [0, 0.1) is 15.9 Å². The highest BCUT2D eigenvalue weighted by Crippen LogP contribution is 2.28. The zero-order valence-electron chi connectivity index (χ0n) is 10.4. The Balaban J connectivity index is 2.36. The highest BCUT2D eigenvalue weighted by atomic mass is 32.2. The third kappa shape index (κ3) is 2.62. The summed E-state index contributed by atoms with van der Waals surface area (Å²) >= 11 is 0. The molecular weight excluding hydrogens is 289 g/mol. The highest BCUT2D eigenvalue weighted by molar-refractivity contribution is 7.85. The molecule has 0 bridgehead atoms. The predicted octanol–water partition coefficient (Wildman–Crippen LogP) is 0.521. The van der Waals surface area contributed by atoms with E-state index >= 15 is 0 Å². The number of nitro groups is 1. The number of amides is 1. The quantitative estimate of drug-likeness (QED) is 0.487. The van der Waals surface area contributed by atoms with Crippen molar-refractivity contribution in [1.82, 2.24) is 4.90 Å². The Morgan fingerprint density at radius 3 is 2.55 bits per heavy atom. The van der Waals surface area contributed by atoms with Crippen LogP contribution in [0.1, 0.15) is 10.4 Å². The molecule has 1 aliphatic rings. The van der Waals surface area contributed by atoms with E-state index in [1.54, 1.807) is 0 Å². The van der Waals surface area contributed by atoms with E-state index in [0.29, 0.717) is 11.5 Å². The topological polar surface area (TPSA) is 107 Å². The van der Waals surface area contributed by atoms with E-state index in [9.17, 15) is 23.5 Å². The minimum absolute atomic E-state index is 0.215. The summed E-state index contributed by atoms with van der Waals surface area (Å²) in [6.45, 7) is 0.431. The summed E-state index contributed by atoms with van der Waals surface area (Å²) in [7, 11) is -0.983. The van der Waals surface area contributed by atoms with Gasteiger partial charge in [0.1, 0.15) is 17.1 Å².